The zero-order chi connectivity index (χ0) is 19.4. The fraction of sp³-hybridized carbons (Fsp3) is 0.583. The van der Waals surface area contributed by atoms with Crippen molar-refractivity contribution in [3.8, 4) is 5.75 Å². The molecular weight excluding hydrogens is 320 g/mol. The van der Waals surface area contributed by atoms with Crippen LogP contribution in [0.2, 0.25) is 0 Å². The van der Waals surface area contributed by atoms with Crippen molar-refractivity contribution in [1.29, 1.82) is 0 Å². The molecule has 1 aromatic rings. The molecule has 0 radical (unpaired) electrons. The van der Waals surface area contributed by atoms with Gasteiger partial charge in [-0.3, -0.25) is 0 Å². The molecule has 2 heteroatoms. The molecule has 3 atom stereocenters. The van der Waals surface area contributed by atoms with E-state index in [9.17, 15) is 10.2 Å². The minimum Gasteiger partial charge on any atom is -0.508 e. The van der Waals surface area contributed by atoms with Crippen LogP contribution in [0.3, 0.4) is 0 Å². The van der Waals surface area contributed by atoms with Gasteiger partial charge in [0.15, 0.2) is 0 Å². The van der Waals surface area contributed by atoms with Crippen molar-refractivity contribution >= 4 is 0 Å². The highest BCUT2D eigenvalue weighted by atomic mass is 16.3. The van der Waals surface area contributed by atoms with Gasteiger partial charge in [0, 0.05) is 5.41 Å². The first kappa shape index (κ1) is 20.6. The molecule has 2 aliphatic carbocycles. The third-order valence-electron chi connectivity index (χ3n) is 5.64. The molecule has 0 aliphatic heterocycles. The van der Waals surface area contributed by atoms with Gasteiger partial charge < -0.3 is 10.2 Å². The first-order valence-electron chi connectivity index (χ1n) is 10.1. The minimum absolute atomic E-state index is 0.0720. The number of allylic oxidation sites excluding steroid dienone is 3. The van der Waals surface area contributed by atoms with Crippen molar-refractivity contribution in [3.63, 3.8) is 0 Å². The van der Waals surface area contributed by atoms with Crippen LogP contribution in [0.1, 0.15) is 72.3 Å². The smallest absolute Gasteiger partial charge is 0.115 e. The van der Waals surface area contributed by atoms with Gasteiger partial charge in [0.05, 0.1) is 0 Å². The molecule has 0 spiro atoms. The van der Waals surface area contributed by atoms with Gasteiger partial charge in [-0.25, -0.2) is 0 Å². The first-order valence-corrected chi connectivity index (χ1v) is 10.1. The number of aromatic hydroxyl groups is 1. The third-order valence-corrected chi connectivity index (χ3v) is 5.64. The summed E-state index contributed by atoms with van der Waals surface area (Å²) in [7, 11) is 0. The summed E-state index contributed by atoms with van der Waals surface area (Å²) in [6, 6.07) is 7.80. The summed E-state index contributed by atoms with van der Waals surface area (Å²) >= 11 is 0. The number of phenols is 1. The van der Waals surface area contributed by atoms with Crippen molar-refractivity contribution < 1.29 is 10.2 Å². The average Bonchev–Trinajstić information content (AvgIpc) is 2.54. The first-order chi connectivity index (χ1) is 12.2. The summed E-state index contributed by atoms with van der Waals surface area (Å²) in [4.78, 5) is 0. The van der Waals surface area contributed by atoms with E-state index < -0.39 is 0 Å². The zero-order valence-corrected chi connectivity index (χ0v) is 17.1. The third kappa shape index (κ3) is 4.72. The van der Waals surface area contributed by atoms with Gasteiger partial charge in [-0.15, -0.1) is 0 Å². The van der Waals surface area contributed by atoms with Crippen LogP contribution in [0.25, 0.3) is 0 Å². The van der Waals surface area contributed by atoms with Crippen LogP contribution in [0.5, 0.6) is 5.75 Å². The Labute approximate surface area is 159 Å². The highest BCUT2D eigenvalue weighted by molar-refractivity contribution is 5.36. The quantitative estimate of drug-likeness (QED) is 0.604. The van der Waals surface area contributed by atoms with E-state index in [1.807, 2.05) is 24.3 Å². The Hall–Kier alpha value is -1.70. The molecule has 26 heavy (non-hydrogen) atoms. The number of hydrogen-bond donors (Lipinski definition) is 2. The van der Waals surface area contributed by atoms with Crippen LogP contribution in [-0.2, 0) is 5.41 Å². The Balaban J connectivity index is 0.000000758. The van der Waals surface area contributed by atoms with Gasteiger partial charge >= 0.3 is 0 Å². The molecule has 0 saturated heterocycles. The SMILES string of the molecule is CC1CC(C)(C)CC(c2ccc(O)cc2)(C2C=CC(O)=CC2)C1.CCC. The molecule has 3 rings (SSSR count). The maximum atomic E-state index is 9.71. The Morgan fingerprint density at radius 1 is 1.04 bits per heavy atom. The summed E-state index contributed by atoms with van der Waals surface area (Å²) < 4.78 is 0. The Morgan fingerprint density at radius 2 is 1.65 bits per heavy atom. The molecule has 144 valence electrons. The monoisotopic (exact) mass is 356 g/mol. The van der Waals surface area contributed by atoms with Gasteiger partial charge in [-0.2, -0.15) is 0 Å². The maximum absolute atomic E-state index is 9.71. The second kappa shape index (κ2) is 8.33. The van der Waals surface area contributed by atoms with Gasteiger partial charge in [0.2, 0.25) is 0 Å². The summed E-state index contributed by atoms with van der Waals surface area (Å²) in [5.41, 5.74) is 1.69. The number of phenolic OH excluding ortho intramolecular Hbond substituents is 1. The highest BCUT2D eigenvalue weighted by Gasteiger charge is 2.47. The molecule has 1 fully saturated rings. The van der Waals surface area contributed by atoms with Crippen LogP contribution in [-0.4, -0.2) is 10.2 Å². The fourth-order valence-corrected chi connectivity index (χ4v) is 5.16. The second-order valence-corrected chi connectivity index (χ2v) is 9.09. The molecule has 0 amide bonds. The van der Waals surface area contributed by atoms with E-state index in [0.29, 0.717) is 28.8 Å². The summed E-state index contributed by atoms with van der Waals surface area (Å²) in [5.74, 6) is 1.76. The molecule has 2 N–H and O–H groups in total. The van der Waals surface area contributed by atoms with Crippen LogP contribution in [0.15, 0.2) is 48.3 Å². The van der Waals surface area contributed by atoms with E-state index in [-0.39, 0.29) is 5.41 Å². The zero-order valence-electron chi connectivity index (χ0n) is 17.1. The predicted octanol–water partition coefficient (Wildman–Crippen LogP) is 6.91. The van der Waals surface area contributed by atoms with Crippen LogP contribution in [0.4, 0.5) is 0 Å². The van der Waals surface area contributed by atoms with Crippen LogP contribution in [0, 0.1) is 17.3 Å². The lowest BCUT2D eigenvalue weighted by Gasteiger charge is -2.52. The molecule has 3 unspecified atom stereocenters. The average molecular weight is 357 g/mol. The van der Waals surface area contributed by atoms with Crippen molar-refractivity contribution in [2.75, 3.05) is 0 Å². The number of aliphatic hydroxyl groups excluding tert-OH is 1. The number of benzene rings is 1. The van der Waals surface area contributed by atoms with Crippen molar-refractivity contribution in [2.24, 2.45) is 17.3 Å². The maximum Gasteiger partial charge on any atom is 0.115 e. The number of hydrogen-bond acceptors (Lipinski definition) is 2. The lowest BCUT2D eigenvalue weighted by Crippen LogP contribution is -2.45. The van der Waals surface area contributed by atoms with E-state index in [4.69, 9.17) is 0 Å². The molecule has 2 aliphatic rings. The summed E-state index contributed by atoms with van der Waals surface area (Å²) in [5, 5.41) is 19.4. The lowest BCUT2D eigenvalue weighted by molar-refractivity contribution is 0.0747. The summed E-state index contributed by atoms with van der Waals surface area (Å²) in [6.07, 6.45) is 11.7. The van der Waals surface area contributed by atoms with Gasteiger partial charge in [0.25, 0.3) is 0 Å². The molecule has 0 bridgehead atoms. The lowest BCUT2D eigenvalue weighted by atomic mass is 9.52. The van der Waals surface area contributed by atoms with E-state index in [1.54, 1.807) is 0 Å². The minimum atomic E-state index is 0.0720. The van der Waals surface area contributed by atoms with Crippen molar-refractivity contribution in [3.05, 3.63) is 53.8 Å². The largest absolute Gasteiger partial charge is 0.508 e. The molecule has 0 aromatic heterocycles. The number of rotatable bonds is 2. The van der Waals surface area contributed by atoms with Crippen LogP contribution < -0.4 is 0 Å². The molecule has 1 saturated carbocycles. The van der Waals surface area contributed by atoms with Gasteiger partial charge in [-0.1, -0.05) is 59.2 Å². The Kier molecular flexibility index (Phi) is 6.60. The molecule has 0 heterocycles. The van der Waals surface area contributed by atoms with Crippen molar-refractivity contribution in [1.82, 2.24) is 0 Å². The highest BCUT2D eigenvalue weighted by Crippen LogP contribution is 2.55. The second-order valence-electron chi connectivity index (χ2n) is 9.09. The van der Waals surface area contributed by atoms with Crippen molar-refractivity contribution in [2.45, 2.75) is 72.1 Å². The van der Waals surface area contributed by atoms with E-state index >= 15 is 0 Å². The molecule has 1 aromatic carbocycles. The molecule has 2 nitrogen and oxygen atoms in total. The van der Waals surface area contributed by atoms with Gasteiger partial charge in [0.1, 0.15) is 11.5 Å². The normalized spacial score (nSPS) is 30.1. The standard InChI is InChI=1S/C21H28O2.C3H8/c1-15-12-20(2,3)14-21(13-15,16-4-8-18(22)9-5-16)17-6-10-19(23)11-7-17;1-3-2/h4-6,8-11,15,17,22-23H,7,12-14H2,1-3H3;3H2,1-2H3. The number of aliphatic hydroxyl groups is 1. The Bertz CT molecular complexity index is 639. The molecular formula is C24H36O2. The predicted molar refractivity (Wildman–Crippen MR) is 111 cm³/mol. The van der Waals surface area contributed by atoms with Crippen LogP contribution >= 0.6 is 0 Å². The summed E-state index contributed by atoms with van der Waals surface area (Å²) in [6.45, 7) is 11.4. The van der Waals surface area contributed by atoms with E-state index in [2.05, 4.69) is 52.8 Å². The Morgan fingerprint density at radius 3 is 2.15 bits per heavy atom. The van der Waals surface area contributed by atoms with Gasteiger partial charge in [-0.05, 0) is 72.8 Å². The fourth-order valence-electron chi connectivity index (χ4n) is 5.16. The topological polar surface area (TPSA) is 40.5 Å². The van der Waals surface area contributed by atoms with E-state index in [0.717, 1.165) is 19.3 Å². The van der Waals surface area contributed by atoms with E-state index in [1.165, 1.54) is 18.4 Å².